The molecule has 7 heteroatoms. The van der Waals surface area contributed by atoms with E-state index in [-0.39, 0.29) is 11.6 Å². The van der Waals surface area contributed by atoms with E-state index < -0.39 is 11.9 Å². The van der Waals surface area contributed by atoms with Crippen molar-refractivity contribution in [2.24, 2.45) is 0 Å². The number of benzene rings is 3. The number of methoxy groups -OCH3 is 1. The molecule has 178 valence electrons. The second-order valence-corrected chi connectivity index (χ2v) is 8.70. The van der Waals surface area contributed by atoms with E-state index in [9.17, 15) is 9.59 Å². The summed E-state index contributed by atoms with van der Waals surface area (Å²) < 4.78 is 32.6. The molecule has 0 N–H and O–H groups in total. The lowest BCUT2D eigenvalue weighted by Crippen LogP contribution is -2.04. The Bertz CT molecular complexity index is 1440. The Hall–Kier alpha value is -3.97. The number of halogens is 1. The van der Waals surface area contributed by atoms with E-state index in [2.05, 4.69) is 13.2 Å². The first kappa shape index (κ1) is 24.2. The molecular weight excluding hydrogens is 467 g/mol. The molecule has 1 heterocycles. The van der Waals surface area contributed by atoms with Crippen LogP contribution >= 0.6 is 11.3 Å². The zero-order valence-electron chi connectivity index (χ0n) is 19.1. The Morgan fingerprint density at radius 2 is 1.63 bits per heavy atom. The minimum absolute atomic E-state index is 0.256. The van der Waals surface area contributed by atoms with E-state index in [1.54, 1.807) is 18.2 Å². The van der Waals surface area contributed by atoms with Crippen molar-refractivity contribution in [1.29, 1.82) is 0 Å². The molecule has 0 aliphatic rings. The predicted molar refractivity (Wildman–Crippen MR) is 137 cm³/mol. The first-order valence-electron chi connectivity index (χ1n) is 10.9. The summed E-state index contributed by atoms with van der Waals surface area (Å²) in [7, 11) is 1.48. The van der Waals surface area contributed by atoms with Gasteiger partial charge in [0.1, 0.15) is 5.82 Å². The van der Waals surface area contributed by atoms with Crippen LogP contribution in [0, 0.1) is 5.82 Å². The number of ether oxygens (including phenoxy) is 3. The van der Waals surface area contributed by atoms with Crippen molar-refractivity contribution in [2.75, 3.05) is 13.7 Å². The standard InChI is InChI=1S/C28H23FO5S/c1-4-23(30)33-16-6-7-17-8-10-18(11-9-17)19-12-13-20-21-14-15-22(34-24(31)5-2)26(32-3)28(21)35-27(20)25(19)29/h4-5,8-15H,1-2,6-7,16H2,3H3. The van der Waals surface area contributed by atoms with Crippen LogP contribution in [0.4, 0.5) is 4.39 Å². The van der Waals surface area contributed by atoms with Crippen LogP contribution in [0.3, 0.4) is 0 Å². The maximum absolute atomic E-state index is 15.7. The Kier molecular flexibility index (Phi) is 7.27. The lowest BCUT2D eigenvalue weighted by Gasteiger charge is -2.08. The fourth-order valence-corrected chi connectivity index (χ4v) is 5.09. The summed E-state index contributed by atoms with van der Waals surface area (Å²) in [5, 5.41) is 1.58. The van der Waals surface area contributed by atoms with Gasteiger partial charge >= 0.3 is 11.9 Å². The van der Waals surface area contributed by atoms with E-state index in [4.69, 9.17) is 14.2 Å². The van der Waals surface area contributed by atoms with Gasteiger partial charge in [-0.3, -0.25) is 0 Å². The van der Waals surface area contributed by atoms with Crippen LogP contribution in [-0.2, 0) is 20.7 Å². The third-order valence-electron chi connectivity index (χ3n) is 5.53. The lowest BCUT2D eigenvalue weighted by molar-refractivity contribution is -0.137. The summed E-state index contributed by atoms with van der Waals surface area (Å²) in [6.45, 7) is 7.10. The van der Waals surface area contributed by atoms with Gasteiger partial charge in [0, 0.05) is 28.5 Å². The predicted octanol–water partition coefficient (Wildman–Crippen LogP) is 6.62. The summed E-state index contributed by atoms with van der Waals surface area (Å²) in [4.78, 5) is 22.8. The molecule has 4 rings (SSSR count). The summed E-state index contributed by atoms with van der Waals surface area (Å²) in [5.41, 5.74) is 2.32. The maximum Gasteiger partial charge on any atom is 0.335 e. The number of aryl methyl sites for hydroxylation is 1. The van der Waals surface area contributed by atoms with Gasteiger partial charge in [-0.15, -0.1) is 11.3 Å². The van der Waals surface area contributed by atoms with Crippen molar-refractivity contribution in [2.45, 2.75) is 12.8 Å². The van der Waals surface area contributed by atoms with Gasteiger partial charge < -0.3 is 14.2 Å². The van der Waals surface area contributed by atoms with Crippen LogP contribution in [0.1, 0.15) is 12.0 Å². The average Bonchev–Trinajstić information content (AvgIpc) is 3.26. The van der Waals surface area contributed by atoms with Gasteiger partial charge in [-0.1, -0.05) is 49.6 Å². The molecule has 1 aromatic heterocycles. The highest BCUT2D eigenvalue weighted by Gasteiger charge is 2.19. The minimum Gasteiger partial charge on any atom is -0.491 e. The molecule has 0 amide bonds. The highest BCUT2D eigenvalue weighted by molar-refractivity contribution is 7.26. The highest BCUT2D eigenvalue weighted by Crippen LogP contribution is 2.46. The van der Waals surface area contributed by atoms with Crippen molar-refractivity contribution >= 4 is 43.4 Å². The van der Waals surface area contributed by atoms with Crippen molar-refractivity contribution in [3.8, 4) is 22.6 Å². The monoisotopic (exact) mass is 490 g/mol. The molecule has 0 saturated carbocycles. The van der Waals surface area contributed by atoms with Crippen molar-refractivity contribution in [1.82, 2.24) is 0 Å². The van der Waals surface area contributed by atoms with Crippen LogP contribution in [0.15, 0.2) is 73.8 Å². The summed E-state index contributed by atoms with van der Waals surface area (Å²) >= 11 is 1.25. The molecule has 0 unspecified atom stereocenters. The third kappa shape index (κ3) is 4.95. The van der Waals surface area contributed by atoms with Gasteiger partial charge in [-0.05, 0) is 36.1 Å². The quantitative estimate of drug-likeness (QED) is 0.114. The largest absolute Gasteiger partial charge is 0.491 e. The third-order valence-corrected chi connectivity index (χ3v) is 6.75. The molecule has 35 heavy (non-hydrogen) atoms. The summed E-state index contributed by atoms with van der Waals surface area (Å²) in [5.74, 6) is -0.716. The van der Waals surface area contributed by atoms with E-state index in [1.807, 2.05) is 30.3 Å². The second kappa shape index (κ2) is 10.5. The maximum atomic E-state index is 15.7. The van der Waals surface area contributed by atoms with Crippen LogP contribution in [-0.4, -0.2) is 25.7 Å². The smallest absolute Gasteiger partial charge is 0.335 e. The molecule has 0 aliphatic heterocycles. The Balaban J connectivity index is 1.63. The zero-order chi connectivity index (χ0) is 24.9. The molecule has 0 saturated heterocycles. The van der Waals surface area contributed by atoms with Gasteiger partial charge in [0.05, 0.1) is 23.1 Å². The Morgan fingerprint density at radius 1 is 0.943 bits per heavy atom. The van der Waals surface area contributed by atoms with Gasteiger partial charge in [-0.25, -0.2) is 14.0 Å². The zero-order valence-corrected chi connectivity index (χ0v) is 20.0. The fraction of sp³-hybridized carbons (Fsp3) is 0.143. The van der Waals surface area contributed by atoms with Crippen LogP contribution in [0.5, 0.6) is 11.5 Å². The first-order valence-corrected chi connectivity index (χ1v) is 11.7. The summed E-state index contributed by atoms with van der Waals surface area (Å²) in [6, 6.07) is 14.8. The van der Waals surface area contributed by atoms with Crippen LogP contribution in [0.2, 0.25) is 0 Å². The lowest BCUT2D eigenvalue weighted by atomic mass is 10.0. The van der Waals surface area contributed by atoms with E-state index in [0.717, 1.165) is 40.5 Å². The first-order chi connectivity index (χ1) is 17.0. The van der Waals surface area contributed by atoms with Crippen LogP contribution < -0.4 is 9.47 Å². The fourth-order valence-electron chi connectivity index (χ4n) is 3.83. The van der Waals surface area contributed by atoms with Crippen molar-refractivity contribution < 1.29 is 28.2 Å². The average molecular weight is 491 g/mol. The molecule has 4 aromatic rings. The SMILES string of the molecule is C=CC(=O)OCCCc1ccc(-c2ccc3c(sc4c(OC)c(OC(=O)C=C)ccc43)c2F)cc1. The number of esters is 2. The van der Waals surface area contributed by atoms with Gasteiger partial charge in [-0.2, -0.15) is 0 Å². The highest BCUT2D eigenvalue weighted by atomic mass is 32.1. The Morgan fingerprint density at radius 3 is 2.31 bits per heavy atom. The van der Waals surface area contributed by atoms with Gasteiger partial charge in [0.25, 0.3) is 0 Å². The van der Waals surface area contributed by atoms with E-state index >= 15 is 4.39 Å². The number of hydrogen-bond acceptors (Lipinski definition) is 6. The molecule has 0 radical (unpaired) electrons. The second-order valence-electron chi connectivity index (χ2n) is 7.68. The number of carbonyl (C=O) groups is 2. The van der Waals surface area contributed by atoms with Crippen LogP contribution in [0.25, 0.3) is 31.3 Å². The van der Waals surface area contributed by atoms with E-state index in [1.165, 1.54) is 18.4 Å². The molecule has 0 spiro atoms. The summed E-state index contributed by atoms with van der Waals surface area (Å²) in [6.07, 6.45) is 3.64. The van der Waals surface area contributed by atoms with E-state index in [0.29, 0.717) is 33.7 Å². The van der Waals surface area contributed by atoms with Crippen molar-refractivity contribution in [3.63, 3.8) is 0 Å². The molecule has 3 aromatic carbocycles. The number of carbonyl (C=O) groups excluding carboxylic acids is 2. The number of fused-ring (bicyclic) bond motifs is 3. The topological polar surface area (TPSA) is 61.8 Å². The van der Waals surface area contributed by atoms with Crippen molar-refractivity contribution in [3.05, 3.63) is 85.2 Å². The molecule has 0 fully saturated rings. The Labute approximate surface area is 206 Å². The number of hydrogen-bond donors (Lipinski definition) is 0. The molecular formula is C28H23FO5S. The number of rotatable bonds is 9. The molecule has 0 bridgehead atoms. The number of thiophene rings is 1. The molecule has 0 atom stereocenters. The minimum atomic E-state index is -0.599. The normalized spacial score (nSPS) is 10.8. The van der Waals surface area contributed by atoms with Gasteiger partial charge in [0.15, 0.2) is 11.5 Å². The molecule has 0 aliphatic carbocycles. The van der Waals surface area contributed by atoms with Gasteiger partial charge in [0.2, 0.25) is 0 Å². The molecule has 5 nitrogen and oxygen atoms in total.